The molecular formula is C55H34N2O. The maximum Gasteiger partial charge on any atom is 0.137 e. The van der Waals surface area contributed by atoms with Crippen molar-refractivity contribution in [3.63, 3.8) is 0 Å². The Morgan fingerprint density at radius 2 is 1.05 bits per heavy atom. The number of aromatic nitrogens is 2. The summed E-state index contributed by atoms with van der Waals surface area (Å²) in [7, 11) is 0. The topological polar surface area (TPSA) is 38.9 Å². The van der Waals surface area contributed by atoms with Gasteiger partial charge in [-0.2, -0.15) is 0 Å². The Kier molecular flexibility index (Phi) is 6.49. The van der Waals surface area contributed by atoms with Crippen LogP contribution in [-0.2, 0) is 11.8 Å². The lowest BCUT2D eigenvalue weighted by Crippen LogP contribution is -2.26. The monoisotopic (exact) mass is 738 g/mol. The molecule has 0 saturated carbocycles. The summed E-state index contributed by atoms with van der Waals surface area (Å²) in [6.07, 6.45) is 0.778. The first-order chi connectivity index (χ1) is 28.8. The molecule has 0 radical (unpaired) electrons. The van der Waals surface area contributed by atoms with Crippen molar-refractivity contribution in [2.75, 3.05) is 0 Å². The fourth-order valence-corrected chi connectivity index (χ4v) is 10.8. The third kappa shape index (κ3) is 4.17. The molecule has 1 spiro atoms. The summed E-state index contributed by atoms with van der Waals surface area (Å²) in [5, 5.41) is 2.16. The number of para-hydroxylation sites is 1. The van der Waals surface area contributed by atoms with Gasteiger partial charge in [0.15, 0.2) is 0 Å². The van der Waals surface area contributed by atoms with E-state index in [0.29, 0.717) is 0 Å². The number of hydrogen-bond donors (Lipinski definition) is 0. The third-order valence-electron chi connectivity index (χ3n) is 13.1. The molecule has 10 aromatic rings. The highest BCUT2D eigenvalue weighted by atomic mass is 16.3. The molecule has 0 fully saturated rings. The Balaban J connectivity index is 1.07. The van der Waals surface area contributed by atoms with E-state index in [1.807, 2.05) is 12.1 Å². The van der Waals surface area contributed by atoms with E-state index < -0.39 is 5.41 Å². The fourth-order valence-electron chi connectivity index (χ4n) is 10.8. The Bertz CT molecular complexity index is 3290. The molecule has 3 heteroatoms. The SMILES string of the molecule is c1ccc(-c2cc(-c3cccc4oc5ccccc5c34)nc(C3Cc4c(ccc5c4-c4ccccc4C54c5ccccc5-c5ccccc54)-c4ccccc43)n2)cc1. The standard InChI is InChI=1S/C55H34N2O/c1-2-15-33(16-3-1)48-32-49(40-23-14-28-51-53(40)41-22-9-13-27-50(41)58-51)57-54(56-48)43-31-42-36(34-17-4-5-18-35(34)43)29-30-47-52(42)39-21-8-12-26-46(39)55(47)44-24-10-6-19-37(44)38-20-7-11-25-45(38)55/h1-30,32,43H,31H2. The van der Waals surface area contributed by atoms with Crippen LogP contribution in [0.15, 0.2) is 192 Å². The zero-order valence-corrected chi connectivity index (χ0v) is 31.5. The van der Waals surface area contributed by atoms with Gasteiger partial charge in [0.1, 0.15) is 17.0 Å². The van der Waals surface area contributed by atoms with Crippen LogP contribution in [0.3, 0.4) is 0 Å². The molecule has 0 aliphatic heterocycles. The van der Waals surface area contributed by atoms with Gasteiger partial charge in [0, 0.05) is 27.8 Å². The number of hydrogen-bond acceptors (Lipinski definition) is 3. The number of furan rings is 1. The molecule has 0 N–H and O–H groups in total. The van der Waals surface area contributed by atoms with Gasteiger partial charge in [-0.25, -0.2) is 9.97 Å². The van der Waals surface area contributed by atoms with Crippen LogP contribution in [0.2, 0.25) is 0 Å². The van der Waals surface area contributed by atoms with Gasteiger partial charge in [-0.05, 0) is 91.4 Å². The summed E-state index contributed by atoms with van der Waals surface area (Å²) in [6, 6.07) is 68.3. The number of nitrogens with zero attached hydrogens (tertiary/aromatic N) is 2. The second-order valence-electron chi connectivity index (χ2n) is 15.9. The van der Waals surface area contributed by atoms with Gasteiger partial charge >= 0.3 is 0 Å². The molecule has 0 amide bonds. The van der Waals surface area contributed by atoms with Crippen molar-refractivity contribution in [1.82, 2.24) is 9.97 Å². The van der Waals surface area contributed by atoms with E-state index in [2.05, 4.69) is 176 Å². The van der Waals surface area contributed by atoms with E-state index in [1.54, 1.807) is 0 Å². The first-order valence-corrected chi connectivity index (χ1v) is 20.2. The summed E-state index contributed by atoms with van der Waals surface area (Å²) >= 11 is 0. The largest absolute Gasteiger partial charge is 0.456 e. The van der Waals surface area contributed by atoms with Crippen LogP contribution in [0.1, 0.15) is 45.1 Å². The second kappa shape index (κ2) is 11.8. The van der Waals surface area contributed by atoms with Crippen LogP contribution < -0.4 is 0 Å². The van der Waals surface area contributed by atoms with Gasteiger partial charge < -0.3 is 4.42 Å². The molecule has 3 aliphatic carbocycles. The van der Waals surface area contributed by atoms with Gasteiger partial charge in [-0.1, -0.05) is 170 Å². The average Bonchev–Trinajstić information content (AvgIpc) is 3.93. The maximum absolute atomic E-state index is 6.37. The Morgan fingerprint density at radius 1 is 0.448 bits per heavy atom. The molecule has 270 valence electrons. The molecule has 8 aromatic carbocycles. The zero-order valence-electron chi connectivity index (χ0n) is 31.5. The minimum atomic E-state index is -0.399. The predicted molar refractivity (Wildman–Crippen MR) is 234 cm³/mol. The predicted octanol–water partition coefficient (Wildman–Crippen LogP) is 13.4. The molecular weight excluding hydrogens is 705 g/mol. The lowest BCUT2D eigenvalue weighted by Gasteiger charge is -2.32. The van der Waals surface area contributed by atoms with Gasteiger partial charge in [0.05, 0.1) is 16.8 Å². The van der Waals surface area contributed by atoms with Crippen molar-refractivity contribution >= 4 is 21.9 Å². The molecule has 2 aromatic heterocycles. The van der Waals surface area contributed by atoms with Gasteiger partial charge in [0.25, 0.3) is 0 Å². The highest BCUT2D eigenvalue weighted by Crippen LogP contribution is 2.64. The highest BCUT2D eigenvalue weighted by Gasteiger charge is 2.52. The first-order valence-electron chi connectivity index (χ1n) is 20.2. The Hall–Kier alpha value is -7.36. The van der Waals surface area contributed by atoms with E-state index in [4.69, 9.17) is 14.4 Å². The second-order valence-corrected chi connectivity index (χ2v) is 15.9. The van der Waals surface area contributed by atoms with Crippen molar-refractivity contribution < 1.29 is 4.42 Å². The lowest BCUT2D eigenvalue weighted by molar-refractivity contribution is 0.669. The van der Waals surface area contributed by atoms with Crippen LogP contribution in [0, 0.1) is 0 Å². The number of benzene rings is 8. The van der Waals surface area contributed by atoms with Gasteiger partial charge in [-0.3, -0.25) is 0 Å². The molecule has 13 rings (SSSR count). The minimum Gasteiger partial charge on any atom is -0.456 e. The minimum absolute atomic E-state index is 0.0789. The average molecular weight is 739 g/mol. The lowest BCUT2D eigenvalue weighted by atomic mass is 9.69. The molecule has 58 heavy (non-hydrogen) atoms. The molecule has 3 aliphatic rings. The van der Waals surface area contributed by atoms with Gasteiger partial charge in [-0.15, -0.1) is 0 Å². The van der Waals surface area contributed by atoms with Crippen LogP contribution in [0.5, 0.6) is 0 Å². The van der Waals surface area contributed by atoms with E-state index in [0.717, 1.165) is 56.7 Å². The number of fused-ring (bicyclic) bond motifs is 17. The Morgan fingerprint density at radius 3 is 1.84 bits per heavy atom. The molecule has 3 nitrogen and oxygen atoms in total. The van der Waals surface area contributed by atoms with E-state index in [9.17, 15) is 0 Å². The Labute approximate surface area is 336 Å². The van der Waals surface area contributed by atoms with Crippen LogP contribution in [0.4, 0.5) is 0 Å². The van der Waals surface area contributed by atoms with Crippen molar-refractivity contribution in [1.29, 1.82) is 0 Å². The quantitative estimate of drug-likeness (QED) is 0.181. The molecule has 0 saturated heterocycles. The van der Waals surface area contributed by atoms with E-state index in [-0.39, 0.29) is 5.92 Å². The smallest absolute Gasteiger partial charge is 0.137 e. The van der Waals surface area contributed by atoms with Crippen molar-refractivity contribution in [2.45, 2.75) is 17.8 Å². The van der Waals surface area contributed by atoms with Gasteiger partial charge in [0.2, 0.25) is 0 Å². The highest BCUT2D eigenvalue weighted by molar-refractivity contribution is 6.12. The van der Waals surface area contributed by atoms with E-state index in [1.165, 1.54) is 66.8 Å². The molecule has 1 unspecified atom stereocenters. The summed E-state index contributed by atoms with van der Waals surface area (Å²) in [4.78, 5) is 11.1. The molecule has 2 heterocycles. The van der Waals surface area contributed by atoms with Crippen LogP contribution in [0.25, 0.3) is 77.8 Å². The van der Waals surface area contributed by atoms with Crippen molar-refractivity contribution in [3.8, 4) is 55.9 Å². The summed E-state index contributed by atoms with van der Waals surface area (Å²) in [6.45, 7) is 0. The maximum atomic E-state index is 6.37. The van der Waals surface area contributed by atoms with E-state index >= 15 is 0 Å². The van der Waals surface area contributed by atoms with Crippen molar-refractivity contribution in [2.24, 2.45) is 0 Å². The summed E-state index contributed by atoms with van der Waals surface area (Å²) < 4.78 is 6.37. The zero-order chi connectivity index (χ0) is 38.0. The third-order valence-corrected chi connectivity index (χ3v) is 13.1. The van der Waals surface area contributed by atoms with Crippen molar-refractivity contribution in [3.05, 3.63) is 227 Å². The summed E-state index contributed by atoms with van der Waals surface area (Å²) in [5.74, 6) is 0.749. The van der Waals surface area contributed by atoms with Crippen LogP contribution >= 0.6 is 0 Å². The summed E-state index contributed by atoms with van der Waals surface area (Å²) in [5.41, 5.74) is 21.2. The fraction of sp³-hybridized carbons (Fsp3) is 0.0545. The molecule has 1 atom stereocenters. The first kappa shape index (κ1) is 31.8. The normalized spacial score (nSPS) is 15.1. The molecule has 0 bridgehead atoms. The number of rotatable bonds is 3. The van der Waals surface area contributed by atoms with Crippen LogP contribution in [-0.4, -0.2) is 9.97 Å².